The highest BCUT2D eigenvalue weighted by Crippen LogP contribution is 2.25. The molecular weight excluding hydrogens is 306 g/mol. The molecule has 1 aliphatic carbocycles. The van der Waals surface area contributed by atoms with Crippen molar-refractivity contribution in [1.82, 2.24) is 4.72 Å². The van der Waals surface area contributed by atoms with E-state index in [2.05, 4.69) is 4.72 Å². The largest absolute Gasteiger partial charge is 0.324 e. The summed E-state index contributed by atoms with van der Waals surface area (Å²) >= 11 is 0. The molecule has 3 N–H and O–H groups in total. The van der Waals surface area contributed by atoms with Crippen molar-refractivity contribution in [1.29, 1.82) is 0 Å². The average Bonchev–Trinajstić information content (AvgIpc) is 2.46. The molecule has 1 fully saturated rings. The van der Waals surface area contributed by atoms with E-state index in [4.69, 9.17) is 5.73 Å². The van der Waals surface area contributed by atoms with Gasteiger partial charge in [0.2, 0.25) is 10.0 Å². The highest BCUT2D eigenvalue weighted by molar-refractivity contribution is 7.88. The van der Waals surface area contributed by atoms with Crippen molar-refractivity contribution < 1.29 is 13.3 Å². The van der Waals surface area contributed by atoms with Gasteiger partial charge in [0, 0.05) is 24.2 Å². The monoisotopic (exact) mass is 327 g/mol. The van der Waals surface area contributed by atoms with Gasteiger partial charge in [-0.05, 0) is 18.4 Å². The average molecular weight is 327 g/mol. The number of nitro benzene ring substituents is 1. The van der Waals surface area contributed by atoms with Crippen LogP contribution in [0.25, 0.3) is 0 Å². The number of benzene rings is 1. The number of non-ortho nitro benzene ring substituents is 1. The summed E-state index contributed by atoms with van der Waals surface area (Å²) in [4.78, 5) is 10.1. The minimum atomic E-state index is -3.51. The normalized spacial score (nSPS) is 18.0. The fourth-order valence-corrected chi connectivity index (χ4v) is 3.91. The van der Waals surface area contributed by atoms with Crippen LogP contribution in [-0.2, 0) is 15.8 Å². The van der Waals surface area contributed by atoms with Gasteiger partial charge < -0.3 is 5.73 Å². The quantitative estimate of drug-likeness (QED) is 0.609. The van der Waals surface area contributed by atoms with Crippen molar-refractivity contribution >= 4 is 15.7 Å². The molecule has 0 bridgehead atoms. The molecule has 22 heavy (non-hydrogen) atoms. The molecule has 122 valence electrons. The molecule has 0 aromatic heterocycles. The number of nitrogens with zero attached hydrogens (tertiary/aromatic N) is 1. The summed E-state index contributed by atoms with van der Waals surface area (Å²) in [6.07, 6.45) is 4.86. The Morgan fingerprint density at radius 3 is 2.32 bits per heavy atom. The Kier molecular flexibility index (Phi) is 5.15. The predicted molar refractivity (Wildman–Crippen MR) is 83.7 cm³/mol. The summed E-state index contributed by atoms with van der Waals surface area (Å²) in [5, 5.41) is 10.6. The molecule has 8 heteroatoms. The van der Waals surface area contributed by atoms with Gasteiger partial charge in [-0.3, -0.25) is 10.1 Å². The lowest BCUT2D eigenvalue weighted by molar-refractivity contribution is -0.384. The van der Waals surface area contributed by atoms with Gasteiger partial charge in [-0.25, -0.2) is 13.1 Å². The van der Waals surface area contributed by atoms with Crippen LogP contribution in [0.2, 0.25) is 0 Å². The molecule has 1 saturated carbocycles. The van der Waals surface area contributed by atoms with Gasteiger partial charge in [0.05, 0.1) is 10.7 Å². The van der Waals surface area contributed by atoms with Crippen molar-refractivity contribution in [2.75, 3.05) is 6.54 Å². The molecule has 7 nitrogen and oxygen atoms in total. The van der Waals surface area contributed by atoms with Crippen LogP contribution in [0.3, 0.4) is 0 Å². The number of hydrogen-bond donors (Lipinski definition) is 2. The second kappa shape index (κ2) is 6.72. The number of nitrogens with two attached hydrogens (primary N) is 1. The van der Waals surface area contributed by atoms with Crippen molar-refractivity contribution in [3.8, 4) is 0 Å². The van der Waals surface area contributed by atoms with Gasteiger partial charge in [-0.15, -0.1) is 0 Å². The fraction of sp³-hybridized carbons (Fsp3) is 0.571. The fourth-order valence-electron chi connectivity index (χ4n) is 2.67. The summed E-state index contributed by atoms with van der Waals surface area (Å²) in [7, 11) is -3.51. The van der Waals surface area contributed by atoms with Gasteiger partial charge in [-0.2, -0.15) is 0 Å². The highest BCUT2D eigenvalue weighted by atomic mass is 32.2. The van der Waals surface area contributed by atoms with Crippen molar-refractivity contribution in [2.24, 2.45) is 5.73 Å². The SMILES string of the molecule is NC1(CNS(=O)(=O)Cc2ccc([N+](=O)[O-])cc2)CCCCC1. The third-order valence-electron chi connectivity index (χ3n) is 4.00. The van der Waals surface area contributed by atoms with E-state index in [0.29, 0.717) is 5.56 Å². The zero-order valence-corrected chi connectivity index (χ0v) is 13.1. The number of rotatable bonds is 6. The molecule has 0 radical (unpaired) electrons. The van der Waals surface area contributed by atoms with Crippen molar-refractivity contribution in [3.05, 3.63) is 39.9 Å². The van der Waals surface area contributed by atoms with E-state index in [1.165, 1.54) is 24.3 Å². The van der Waals surface area contributed by atoms with Gasteiger partial charge in [0.25, 0.3) is 5.69 Å². The van der Waals surface area contributed by atoms with Crippen LogP contribution in [0.15, 0.2) is 24.3 Å². The molecule has 0 amide bonds. The maximum atomic E-state index is 12.1. The Morgan fingerprint density at radius 1 is 1.18 bits per heavy atom. The van der Waals surface area contributed by atoms with Crippen LogP contribution in [0.4, 0.5) is 5.69 Å². The lowest BCUT2D eigenvalue weighted by atomic mass is 9.83. The first kappa shape index (κ1) is 16.9. The molecule has 0 spiro atoms. The lowest BCUT2D eigenvalue weighted by Crippen LogP contribution is -2.51. The first-order valence-electron chi connectivity index (χ1n) is 7.29. The van der Waals surface area contributed by atoms with E-state index in [0.717, 1.165) is 32.1 Å². The van der Waals surface area contributed by atoms with E-state index in [1.807, 2.05) is 0 Å². The summed E-state index contributed by atoms with van der Waals surface area (Å²) in [6, 6.07) is 5.51. The van der Waals surface area contributed by atoms with Crippen molar-refractivity contribution in [2.45, 2.75) is 43.4 Å². The molecule has 0 unspecified atom stereocenters. The molecule has 0 aliphatic heterocycles. The van der Waals surface area contributed by atoms with E-state index < -0.39 is 20.5 Å². The second-order valence-corrected chi connectivity index (χ2v) is 7.73. The standard InChI is InChI=1S/C14H21N3O4S/c15-14(8-2-1-3-9-14)11-16-22(20,21)10-12-4-6-13(7-5-12)17(18)19/h4-7,16H,1-3,8-11,15H2. The maximum Gasteiger partial charge on any atom is 0.269 e. The molecule has 1 aromatic carbocycles. The smallest absolute Gasteiger partial charge is 0.269 e. The molecule has 0 saturated heterocycles. The molecular formula is C14H21N3O4S. The Morgan fingerprint density at radius 2 is 1.77 bits per heavy atom. The maximum absolute atomic E-state index is 12.1. The van der Waals surface area contributed by atoms with Crippen LogP contribution < -0.4 is 10.5 Å². The van der Waals surface area contributed by atoms with Crippen LogP contribution in [0.5, 0.6) is 0 Å². The first-order chi connectivity index (χ1) is 10.3. The summed E-state index contributed by atoms with van der Waals surface area (Å²) in [5.74, 6) is -0.207. The Labute approximate surface area is 130 Å². The van der Waals surface area contributed by atoms with E-state index in [9.17, 15) is 18.5 Å². The zero-order valence-electron chi connectivity index (χ0n) is 12.3. The van der Waals surface area contributed by atoms with Crippen molar-refractivity contribution in [3.63, 3.8) is 0 Å². The number of sulfonamides is 1. The van der Waals surface area contributed by atoms with Gasteiger partial charge in [0.1, 0.15) is 0 Å². The highest BCUT2D eigenvalue weighted by Gasteiger charge is 2.28. The summed E-state index contributed by atoms with van der Waals surface area (Å²) in [6.45, 7) is 0.238. The van der Waals surface area contributed by atoms with E-state index in [-0.39, 0.29) is 18.0 Å². The Balaban J connectivity index is 1.94. The molecule has 0 heterocycles. The Bertz CT molecular complexity index is 622. The third-order valence-corrected chi connectivity index (χ3v) is 5.29. The topological polar surface area (TPSA) is 115 Å². The van der Waals surface area contributed by atoms with Crippen LogP contribution in [0.1, 0.15) is 37.7 Å². The Hall–Kier alpha value is -1.51. The predicted octanol–water partition coefficient (Wildman–Crippen LogP) is 1.68. The van der Waals surface area contributed by atoms with Crippen LogP contribution in [0, 0.1) is 10.1 Å². The van der Waals surface area contributed by atoms with Gasteiger partial charge >= 0.3 is 0 Å². The first-order valence-corrected chi connectivity index (χ1v) is 8.94. The lowest BCUT2D eigenvalue weighted by Gasteiger charge is -2.33. The summed E-state index contributed by atoms with van der Waals surface area (Å²) < 4.78 is 26.8. The van der Waals surface area contributed by atoms with E-state index in [1.54, 1.807) is 0 Å². The zero-order chi connectivity index (χ0) is 16.2. The molecule has 1 aliphatic rings. The van der Waals surface area contributed by atoms with E-state index >= 15 is 0 Å². The number of hydrogen-bond acceptors (Lipinski definition) is 5. The van der Waals surface area contributed by atoms with Gasteiger partial charge in [-0.1, -0.05) is 31.4 Å². The molecule has 2 rings (SSSR count). The molecule has 0 atom stereocenters. The summed E-state index contributed by atoms with van der Waals surface area (Å²) in [5.41, 5.74) is 6.20. The second-order valence-electron chi connectivity index (χ2n) is 5.93. The van der Waals surface area contributed by atoms with Gasteiger partial charge in [0.15, 0.2) is 0 Å². The molecule has 1 aromatic rings. The minimum absolute atomic E-state index is 0.0581. The minimum Gasteiger partial charge on any atom is -0.324 e. The number of nitro groups is 1. The van der Waals surface area contributed by atoms with Crippen LogP contribution >= 0.6 is 0 Å². The van der Waals surface area contributed by atoms with Crippen LogP contribution in [-0.4, -0.2) is 25.4 Å². The number of nitrogens with one attached hydrogen (secondary N) is 1. The third kappa shape index (κ3) is 4.75.